The van der Waals surface area contributed by atoms with E-state index < -0.39 is 67.9 Å². The molecular formula is C39H55N8O10P. The van der Waals surface area contributed by atoms with Crippen molar-refractivity contribution in [2.75, 3.05) is 69.6 Å². The van der Waals surface area contributed by atoms with E-state index in [2.05, 4.69) is 25.1 Å². The number of methoxy groups -OCH3 is 1. The molecule has 2 fully saturated rings. The molecule has 0 spiro atoms. The van der Waals surface area contributed by atoms with Crippen LogP contribution in [0.3, 0.4) is 0 Å². The molecule has 1 aliphatic carbocycles. The fraction of sp³-hybridized carbons (Fsp3) is 0.513. The van der Waals surface area contributed by atoms with E-state index in [-0.39, 0.29) is 43.5 Å². The number of nitrogens with zero attached hydrogens (tertiary/aromatic N) is 4. The predicted molar refractivity (Wildman–Crippen MR) is 217 cm³/mol. The van der Waals surface area contributed by atoms with Crippen molar-refractivity contribution >= 4 is 49.1 Å². The lowest BCUT2D eigenvalue weighted by Crippen LogP contribution is -2.48. The number of anilines is 3. The molecule has 2 aromatic carbocycles. The number of aliphatic hydroxyl groups excluding tert-OH is 1. The summed E-state index contributed by atoms with van der Waals surface area (Å²) in [5.74, 6) is -2.17. The Bertz CT molecular complexity index is 1820. The normalized spacial score (nSPS) is 21.6. The van der Waals surface area contributed by atoms with E-state index in [9.17, 15) is 19.8 Å². The Kier molecular flexibility index (Phi) is 15.7. The number of carbonyl (C=O) groups excluding carboxylic acids is 2. The zero-order chi connectivity index (χ0) is 41.9. The second-order valence-electron chi connectivity index (χ2n) is 14.0. The number of nitrogens with one attached hydrogen (secondary N) is 2. The molecule has 1 saturated carbocycles. The van der Waals surface area contributed by atoms with Crippen LogP contribution >= 0.6 is 7.67 Å². The zero-order valence-electron chi connectivity index (χ0n) is 33.2. The van der Waals surface area contributed by atoms with Crippen molar-refractivity contribution < 1.29 is 47.8 Å². The van der Waals surface area contributed by atoms with Crippen LogP contribution in [0.5, 0.6) is 0 Å². The van der Waals surface area contributed by atoms with E-state index >= 15 is 4.57 Å². The van der Waals surface area contributed by atoms with Gasteiger partial charge in [0.15, 0.2) is 11.6 Å². The maximum absolute atomic E-state index is 15.0. The highest BCUT2D eigenvalue weighted by atomic mass is 31.2. The van der Waals surface area contributed by atoms with Gasteiger partial charge in [-0.15, -0.1) is 0 Å². The Hall–Kier alpha value is -4.52. The van der Waals surface area contributed by atoms with Crippen LogP contribution in [0.15, 0.2) is 65.7 Å². The van der Waals surface area contributed by atoms with Crippen molar-refractivity contribution in [1.29, 1.82) is 0 Å². The van der Waals surface area contributed by atoms with Gasteiger partial charge in [-0.2, -0.15) is 9.97 Å². The van der Waals surface area contributed by atoms with Gasteiger partial charge in [-0.3, -0.25) is 19.1 Å². The average molecular weight is 827 g/mol. The molecule has 1 aliphatic heterocycles. The van der Waals surface area contributed by atoms with Crippen LogP contribution < -0.4 is 26.5 Å². The van der Waals surface area contributed by atoms with E-state index in [1.54, 1.807) is 69.3 Å². The standard InChI is InChI=1S/C39H55N8O10P/c1-5-55-36(49)29(21-26-13-9-7-10-14-26)45-58(52,46-30(37(50)56-6-2)22-27-15-11-8-12-16-27)57-24-31(53-4)33(48)39(51)25(3)28(39)23-42-32-34(40)43-38(41)44-35(32)47-17-19-54-20-18-47/h7-16,23,25,28-31,33,48,51H,5-6,17-22,24H2,1-4H3,(H2,45,46,52)(H4,40,41,43,44)/b42-23-/t25?,28?,29-,30-,31?,33?,39?/m0/s1. The number of nitrogens with two attached hydrogens (primary N) is 2. The summed E-state index contributed by atoms with van der Waals surface area (Å²) in [7, 11) is -3.16. The molecule has 0 radical (unpaired) electrons. The van der Waals surface area contributed by atoms with Gasteiger partial charge in [0.25, 0.3) is 0 Å². The number of aromatic nitrogens is 2. The molecule has 58 heavy (non-hydrogen) atoms. The number of morpholine rings is 1. The Morgan fingerprint density at radius 2 is 1.52 bits per heavy atom. The third kappa shape index (κ3) is 11.1. The highest BCUT2D eigenvalue weighted by Gasteiger charge is 2.66. The van der Waals surface area contributed by atoms with Crippen LogP contribution in [0, 0.1) is 11.8 Å². The molecule has 7 atom stereocenters. The van der Waals surface area contributed by atoms with Crippen molar-refractivity contribution in [1.82, 2.24) is 20.1 Å². The number of aliphatic hydroxyl groups is 2. The fourth-order valence-electron chi connectivity index (χ4n) is 6.90. The summed E-state index contributed by atoms with van der Waals surface area (Å²) >= 11 is 0. The van der Waals surface area contributed by atoms with Crippen molar-refractivity contribution in [2.45, 2.75) is 63.5 Å². The zero-order valence-corrected chi connectivity index (χ0v) is 34.1. The molecule has 5 unspecified atom stereocenters. The van der Waals surface area contributed by atoms with E-state index in [4.69, 9.17) is 34.9 Å². The molecule has 2 aliphatic rings. The summed E-state index contributed by atoms with van der Waals surface area (Å²) in [4.78, 5) is 41.6. The first-order valence-electron chi connectivity index (χ1n) is 19.3. The fourth-order valence-corrected chi connectivity index (χ4v) is 8.70. The van der Waals surface area contributed by atoms with Gasteiger partial charge in [-0.05, 0) is 43.7 Å². The van der Waals surface area contributed by atoms with E-state index in [1.165, 1.54) is 13.3 Å². The summed E-state index contributed by atoms with van der Waals surface area (Å²) in [6.07, 6.45) is -1.26. The number of carbonyl (C=O) groups is 2. The first-order chi connectivity index (χ1) is 27.8. The van der Waals surface area contributed by atoms with Gasteiger partial charge >= 0.3 is 19.6 Å². The summed E-state index contributed by atoms with van der Waals surface area (Å²) in [6, 6.07) is 15.7. The number of aliphatic imine (C=N–C) groups is 1. The van der Waals surface area contributed by atoms with Gasteiger partial charge < -0.3 is 50.1 Å². The predicted octanol–water partition coefficient (Wildman–Crippen LogP) is 2.21. The van der Waals surface area contributed by atoms with Gasteiger partial charge in [-0.1, -0.05) is 67.6 Å². The molecule has 1 saturated heterocycles. The van der Waals surface area contributed by atoms with Crippen molar-refractivity contribution in [3.05, 3.63) is 71.8 Å². The lowest BCUT2D eigenvalue weighted by atomic mass is 10.0. The molecule has 316 valence electrons. The van der Waals surface area contributed by atoms with Crippen LogP contribution in [0.1, 0.15) is 31.9 Å². The molecule has 0 amide bonds. The first-order valence-corrected chi connectivity index (χ1v) is 20.9. The Labute approximate surface area is 338 Å². The second-order valence-corrected chi connectivity index (χ2v) is 15.9. The number of ether oxygens (including phenoxy) is 4. The SMILES string of the molecule is CCOC(=O)[C@H](Cc1ccccc1)NP(=O)(N[C@@H](Cc1ccccc1)C(=O)OCC)OCC(OC)C(O)C1(O)C(C)C1/C=N\c1c(N)nc(N)nc1N1CCOCC1. The highest BCUT2D eigenvalue weighted by molar-refractivity contribution is 7.54. The number of rotatable bonds is 21. The smallest absolute Gasteiger partial charge is 0.342 e. The highest BCUT2D eigenvalue weighted by Crippen LogP contribution is 2.53. The number of hydrogen-bond donors (Lipinski definition) is 6. The Balaban J connectivity index is 1.40. The number of hydrogen-bond acceptors (Lipinski definition) is 16. The maximum Gasteiger partial charge on any atom is 0.342 e. The van der Waals surface area contributed by atoms with Crippen LogP contribution in [0.2, 0.25) is 0 Å². The minimum Gasteiger partial charge on any atom is -0.465 e. The van der Waals surface area contributed by atoms with Gasteiger partial charge in [0.1, 0.15) is 35.6 Å². The summed E-state index contributed by atoms with van der Waals surface area (Å²) in [5.41, 5.74) is 12.1. The van der Waals surface area contributed by atoms with Gasteiger partial charge in [0.05, 0.1) is 33.0 Å². The van der Waals surface area contributed by atoms with Crippen molar-refractivity contribution in [2.24, 2.45) is 16.8 Å². The lowest BCUT2D eigenvalue weighted by molar-refractivity contribution is -0.145. The molecular weight excluding hydrogens is 771 g/mol. The Morgan fingerprint density at radius 1 is 0.983 bits per heavy atom. The van der Waals surface area contributed by atoms with E-state index in [0.717, 1.165) is 11.1 Å². The monoisotopic (exact) mass is 826 g/mol. The molecule has 3 aromatic rings. The average Bonchev–Trinajstić information content (AvgIpc) is 3.76. The minimum atomic E-state index is -4.46. The molecule has 19 heteroatoms. The van der Waals surface area contributed by atoms with Crippen LogP contribution in [0.4, 0.5) is 23.3 Å². The molecule has 18 nitrogen and oxygen atoms in total. The largest absolute Gasteiger partial charge is 0.465 e. The van der Waals surface area contributed by atoms with Crippen LogP contribution in [-0.4, -0.2) is 121 Å². The number of esters is 2. The maximum atomic E-state index is 15.0. The third-order valence-electron chi connectivity index (χ3n) is 10.2. The van der Waals surface area contributed by atoms with Crippen molar-refractivity contribution in [3.8, 4) is 0 Å². The molecule has 1 aromatic heterocycles. The van der Waals surface area contributed by atoms with Crippen LogP contribution in [-0.2, 0) is 50.5 Å². The van der Waals surface area contributed by atoms with E-state index in [1.807, 2.05) is 17.0 Å². The topological polar surface area (TPSA) is 255 Å². The van der Waals surface area contributed by atoms with Gasteiger partial charge in [0, 0.05) is 32.3 Å². The number of nitrogen functional groups attached to an aromatic ring is 2. The molecule has 2 heterocycles. The van der Waals surface area contributed by atoms with E-state index in [0.29, 0.717) is 32.1 Å². The quantitative estimate of drug-likeness (QED) is 0.0511. The summed E-state index contributed by atoms with van der Waals surface area (Å²) < 4.78 is 42.9. The van der Waals surface area contributed by atoms with Crippen LogP contribution in [0.25, 0.3) is 0 Å². The molecule has 0 bridgehead atoms. The molecule has 8 N–H and O–H groups in total. The Morgan fingerprint density at radius 3 is 2.02 bits per heavy atom. The lowest BCUT2D eigenvalue weighted by Gasteiger charge is -2.31. The minimum absolute atomic E-state index is 0.0175. The van der Waals surface area contributed by atoms with Gasteiger partial charge in [-0.25, -0.2) is 10.2 Å². The second kappa shape index (κ2) is 20.4. The first kappa shape index (κ1) is 44.6. The number of benzene rings is 2. The third-order valence-corrected chi connectivity index (χ3v) is 12.0. The van der Waals surface area contributed by atoms with Gasteiger partial charge in [0.2, 0.25) is 5.95 Å². The summed E-state index contributed by atoms with van der Waals surface area (Å²) in [6.45, 7) is 6.59. The summed E-state index contributed by atoms with van der Waals surface area (Å²) in [5, 5.41) is 29.2. The van der Waals surface area contributed by atoms with Crippen molar-refractivity contribution in [3.63, 3.8) is 0 Å². The molecule has 5 rings (SSSR count).